The predicted molar refractivity (Wildman–Crippen MR) is 53.9 cm³/mol. The Balaban J connectivity index is 2.48. The second-order valence-electron chi connectivity index (χ2n) is 2.90. The molecule has 1 aromatic carbocycles. The second kappa shape index (κ2) is 3.48. The van der Waals surface area contributed by atoms with E-state index in [4.69, 9.17) is 4.55 Å². The molecule has 0 atom stereocenters. The molecule has 0 radical (unpaired) electrons. The molecule has 0 aliphatic heterocycles. The standard InChI is InChI=1S/C9H7NO4S/c11-15(12,13)14-9-2-1-8-6-10-4-3-7(8)5-9/h1-6H,(H,11,12,13). The Labute approximate surface area is 86.3 Å². The lowest BCUT2D eigenvalue weighted by molar-refractivity contribution is 0.387. The van der Waals surface area contributed by atoms with Gasteiger partial charge in [0.1, 0.15) is 5.75 Å². The van der Waals surface area contributed by atoms with E-state index in [-0.39, 0.29) is 5.75 Å². The molecule has 1 N–H and O–H groups in total. The number of hydrogen-bond acceptors (Lipinski definition) is 4. The molecule has 1 heterocycles. The van der Waals surface area contributed by atoms with Crippen LogP contribution in [-0.4, -0.2) is 18.0 Å². The van der Waals surface area contributed by atoms with E-state index in [0.717, 1.165) is 10.8 Å². The van der Waals surface area contributed by atoms with Crippen molar-refractivity contribution >= 4 is 21.2 Å². The van der Waals surface area contributed by atoms with Gasteiger partial charge in [-0.05, 0) is 29.7 Å². The van der Waals surface area contributed by atoms with Gasteiger partial charge in [0.05, 0.1) is 0 Å². The monoisotopic (exact) mass is 225 g/mol. The van der Waals surface area contributed by atoms with Crippen molar-refractivity contribution in [2.45, 2.75) is 0 Å². The van der Waals surface area contributed by atoms with E-state index in [1.54, 1.807) is 24.5 Å². The highest BCUT2D eigenvalue weighted by Crippen LogP contribution is 2.20. The topological polar surface area (TPSA) is 76.5 Å². The van der Waals surface area contributed by atoms with Crippen LogP contribution in [0.15, 0.2) is 36.7 Å². The Kier molecular flexibility index (Phi) is 2.29. The lowest BCUT2D eigenvalue weighted by atomic mass is 10.2. The first kappa shape index (κ1) is 9.88. The van der Waals surface area contributed by atoms with Gasteiger partial charge in [0.25, 0.3) is 0 Å². The zero-order valence-corrected chi connectivity index (χ0v) is 8.31. The van der Waals surface area contributed by atoms with Crippen molar-refractivity contribution in [3.63, 3.8) is 0 Å². The van der Waals surface area contributed by atoms with Gasteiger partial charge in [-0.25, -0.2) is 0 Å². The Morgan fingerprint density at radius 1 is 1.20 bits per heavy atom. The Hall–Kier alpha value is -1.66. The number of aromatic nitrogens is 1. The lowest BCUT2D eigenvalue weighted by Crippen LogP contribution is -2.06. The first-order valence-corrected chi connectivity index (χ1v) is 5.42. The molecule has 15 heavy (non-hydrogen) atoms. The first-order chi connectivity index (χ1) is 7.04. The summed E-state index contributed by atoms with van der Waals surface area (Å²) in [6.07, 6.45) is 3.23. The van der Waals surface area contributed by atoms with Gasteiger partial charge in [0.2, 0.25) is 0 Å². The summed E-state index contributed by atoms with van der Waals surface area (Å²) in [6, 6.07) is 6.32. The molecule has 0 saturated carbocycles. The van der Waals surface area contributed by atoms with Crippen LogP contribution >= 0.6 is 0 Å². The fourth-order valence-corrected chi connectivity index (χ4v) is 1.58. The number of fused-ring (bicyclic) bond motifs is 1. The van der Waals surface area contributed by atoms with Crippen LogP contribution in [0, 0.1) is 0 Å². The summed E-state index contributed by atoms with van der Waals surface area (Å²) < 4.78 is 33.7. The van der Waals surface area contributed by atoms with Gasteiger partial charge >= 0.3 is 10.4 Å². The zero-order chi connectivity index (χ0) is 10.9. The van der Waals surface area contributed by atoms with Crippen molar-refractivity contribution in [3.8, 4) is 5.75 Å². The van der Waals surface area contributed by atoms with Gasteiger partial charge in [0.15, 0.2) is 0 Å². The molecule has 0 bridgehead atoms. The van der Waals surface area contributed by atoms with E-state index >= 15 is 0 Å². The molecular weight excluding hydrogens is 218 g/mol. The molecule has 0 fully saturated rings. The molecule has 6 heteroatoms. The van der Waals surface area contributed by atoms with E-state index in [2.05, 4.69) is 9.17 Å². The zero-order valence-electron chi connectivity index (χ0n) is 7.49. The highest BCUT2D eigenvalue weighted by atomic mass is 32.3. The molecule has 5 nitrogen and oxygen atoms in total. The van der Waals surface area contributed by atoms with Gasteiger partial charge in [-0.3, -0.25) is 9.54 Å². The minimum Gasteiger partial charge on any atom is -0.362 e. The van der Waals surface area contributed by atoms with Gasteiger partial charge < -0.3 is 4.18 Å². The van der Waals surface area contributed by atoms with Crippen molar-refractivity contribution < 1.29 is 17.2 Å². The third-order valence-electron chi connectivity index (χ3n) is 1.81. The molecule has 0 aliphatic carbocycles. The van der Waals surface area contributed by atoms with Crippen molar-refractivity contribution in [1.29, 1.82) is 0 Å². The highest BCUT2D eigenvalue weighted by molar-refractivity contribution is 7.81. The molecule has 0 spiro atoms. The molecule has 0 aliphatic rings. The number of nitrogens with zero attached hydrogens (tertiary/aromatic N) is 1. The second-order valence-corrected chi connectivity index (χ2v) is 3.92. The predicted octanol–water partition coefficient (Wildman–Crippen LogP) is 1.42. The fourth-order valence-electron chi connectivity index (χ4n) is 1.23. The Morgan fingerprint density at radius 2 is 2.00 bits per heavy atom. The molecule has 0 amide bonds. The van der Waals surface area contributed by atoms with Crippen molar-refractivity contribution in [2.75, 3.05) is 0 Å². The van der Waals surface area contributed by atoms with E-state index in [1.165, 1.54) is 12.1 Å². The summed E-state index contributed by atoms with van der Waals surface area (Å²) >= 11 is 0. The third-order valence-corrected chi connectivity index (χ3v) is 2.22. The van der Waals surface area contributed by atoms with Gasteiger partial charge in [-0.15, -0.1) is 0 Å². The van der Waals surface area contributed by atoms with E-state index in [0.29, 0.717) is 0 Å². The van der Waals surface area contributed by atoms with E-state index in [9.17, 15) is 8.42 Å². The summed E-state index contributed by atoms with van der Waals surface area (Å²) in [4.78, 5) is 3.91. The molecular formula is C9H7NO4S. The van der Waals surface area contributed by atoms with Crippen LogP contribution in [-0.2, 0) is 10.4 Å². The molecule has 1 aromatic heterocycles. The highest BCUT2D eigenvalue weighted by Gasteiger charge is 2.06. The maximum absolute atomic E-state index is 10.5. The molecule has 2 rings (SSSR count). The average Bonchev–Trinajstić information content (AvgIpc) is 2.15. The fraction of sp³-hybridized carbons (Fsp3) is 0. The Morgan fingerprint density at radius 3 is 2.73 bits per heavy atom. The molecule has 78 valence electrons. The van der Waals surface area contributed by atoms with Crippen molar-refractivity contribution in [2.24, 2.45) is 0 Å². The van der Waals surface area contributed by atoms with Gasteiger partial charge in [-0.2, -0.15) is 8.42 Å². The number of pyridine rings is 1. The van der Waals surface area contributed by atoms with Crippen molar-refractivity contribution in [1.82, 2.24) is 4.98 Å². The largest absolute Gasteiger partial charge is 0.446 e. The minimum atomic E-state index is -4.46. The summed E-state index contributed by atoms with van der Waals surface area (Å²) in [5.41, 5.74) is 0. The third kappa shape index (κ3) is 2.42. The van der Waals surface area contributed by atoms with Crippen LogP contribution in [0.3, 0.4) is 0 Å². The van der Waals surface area contributed by atoms with Gasteiger partial charge in [0, 0.05) is 17.8 Å². The van der Waals surface area contributed by atoms with Crippen LogP contribution in [0.5, 0.6) is 5.75 Å². The summed E-state index contributed by atoms with van der Waals surface area (Å²) in [5.74, 6) is 0.0659. The maximum Gasteiger partial charge on any atom is 0.446 e. The van der Waals surface area contributed by atoms with Crippen LogP contribution in [0.2, 0.25) is 0 Å². The molecule has 0 unspecified atom stereocenters. The number of rotatable bonds is 2. The minimum absolute atomic E-state index is 0.0659. The summed E-state index contributed by atoms with van der Waals surface area (Å²) in [5, 5.41) is 1.64. The molecule has 2 aromatic rings. The quantitative estimate of drug-likeness (QED) is 0.782. The van der Waals surface area contributed by atoms with Crippen molar-refractivity contribution in [3.05, 3.63) is 36.7 Å². The first-order valence-electron chi connectivity index (χ1n) is 4.05. The summed E-state index contributed by atoms with van der Waals surface area (Å²) in [7, 11) is -4.46. The maximum atomic E-state index is 10.5. The average molecular weight is 225 g/mol. The normalized spacial score (nSPS) is 11.5. The van der Waals surface area contributed by atoms with Crippen LogP contribution in [0.25, 0.3) is 10.8 Å². The SMILES string of the molecule is O=S(=O)(O)Oc1ccc2cnccc2c1. The van der Waals surface area contributed by atoms with E-state index in [1.807, 2.05) is 0 Å². The number of benzene rings is 1. The smallest absolute Gasteiger partial charge is 0.362 e. The number of hydrogen-bond donors (Lipinski definition) is 1. The summed E-state index contributed by atoms with van der Waals surface area (Å²) in [6.45, 7) is 0. The van der Waals surface area contributed by atoms with Crippen LogP contribution in [0.1, 0.15) is 0 Å². The van der Waals surface area contributed by atoms with Crippen LogP contribution < -0.4 is 4.18 Å². The van der Waals surface area contributed by atoms with Gasteiger partial charge in [-0.1, -0.05) is 0 Å². The van der Waals surface area contributed by atoms with E-state index < -0.39 is 10.4 Å². The lowest BCUT2D eigenvalue weighted by Gasteiger charge is -2.02. The van der Waals surface area contributed by atoms with Crippen LogP contribution in [0.4, 0.5) is 0 Å². The Bertz CT molecular complexity index is 594. The molecule has 0 saturated heterocycles.